The van der Waals surface area contributed by atoms with Crippen molar-refractivity contribution in [3.05, 3.63) is 11.4 Å². The molecule has 1 aromatic rings. The van der Waals surface area contributed by atoms with Gasteiger partial charge in [0.05, 0.1) is 6.61 Å². The Morgan fingerprint density at radius 2 is 1.86 bits per heavy atom. The van der Waals surface area contributed by atoms with Crippen molar-refractivity contribution in [1.29, 1.82) is 0 Å². The number of ether oxygens (including phenoxy) is 1. The fraction of sp³-hybridized carbons (Fsp3) is 0.750. The van der Waals surface area contributed by atoms with E-state index in [4.69, 9.17) is 9.72 Å². The lowest BCUT2D eigenvalue weighted by Crippen LogP contribution is -2.22. The molecule has 0 radical (unpaired) electrons. The van der Waals surface area contributed by atoms with Crippen molar-refractivity contribution in [2.75, 3.05) is 36.9 Å². The molecule has 1 aliphatic rings. The van der Waals surface area contributed by atoms with E-state index in [1.807, 2.05) is 0 Å². The summed E-state index contributed by atoms with van der Waals surface area (Å²) in [6.07, 6.45) is 1.13. The number of anilines is 2. The lowest BCUT2D eigenvalue weighted by Gasteiger charge is -2.21. The van der Waals surface area contributed by atoms with E-state index < -0.39 is 0 Å². The first-order valence-corrected chi connectivity index (χ1v) is 7.86. The smallest absolute Gasteiger partial charge is 0.138 e. The quantitative estimate of drug-likeness (QED) is 0.874. The molecule has 118 valence electrons. The van der Waals surface area contributed by atoms with Gasteiger partial charge in [-0.25, -0.2) is 9.97 Å². The highest BCUT2D eigenvalue weighted by atomic mass is 16.5. The molecule has 1 atom stereocenters. The molecule has 2 heterocycles. The molecule has 0 aliphatic carbocycles. The van der Waals surface area contributed by atoms with Gasteiger partial charge in [-0.3, -0.25) is 0 Å². The molecule has 1 unspecified atom stereocenters. The Morgan fingerprint density at radius 1 is 1.19 bits per heavy atom. The van der Waals surface area contributed by atoms with Gasteiger partial charge in [0.25, 0.3) is 0 Å². The minimum Gasteiger partial charge on any atom is -0.381 e. The molecule has 1 fully saturated rings. The van der Waals surface area contributed by atoms with Gasteiger partial charge in [0.2, 0.25) is 0 Å². The van der Waals surface area contributed by atoms with Crippen LogP contribution in [-0.2, 0) is 10.2 Å². The Morgan fingerprint density at radius 3 is 2.38 bits per heavy atom. The second kappa shape index (κ2) is 6.60. The van der Waals surface area contributed by atoms with Crippen molar-refractivity contribution in [3.8, 4) is 0 Å². The van der Waals surface area contributed by atoms with Crippen molar-refractivity contribution in [2.45, 2.75) is 46.5 Å². The highest BCUT2D eigenvalue weighted by Crippen LogP contribution is 2.26. The van der Waals surface area contributed by atoms with Gasteiger partial charge in [-0.05, 0) is 20.3 Å². The summed E-state index contributed by atoms with van der Waals surface area (Å²) in [6, 6.07) is 0. The molecule has 0 aromatic carbocycles. The fourth-order valence-electron chi connectivity index (χ4n) is 2.35. The second-order valence-electron chi connectivity index (χ2n) is 6.76. The Kier molecular flexibility index (Phi) is 5.04. The van der Waals surface area contributed by atoms with E-state index in [0.29, 0.717) is 5.92 Å². The second-order valence-corrected chi connectivity index (χ2v) is 6.76. The van der Waals surface area contributed by atoms with Crippen LogP contribution >= 0.6 is 0 Å². The maximum atomic E-state index is 5.43. The molecular weight excluding hydrogens is 264 g/mol. The number of aromatic nitrogens is 2. The summed E-state index contributed by atoms with van der Waals surface area (Å²) in [5.41, 5.74) is 1.02. The highest BCUT2D eigenvalue weighted by molar-refractivity contribution is 5.57. The molecule has 0 spiro atoms. The van der Waals surface area contributed by atoms with Gasteiger partial charge < -0.3 is 15.4 Å². The Labute approximate surface area is 127 Å². The molecule has 5 heteroatoms. The predicted octanol–water partition coefficient (Wildman–Crippen LogP) is 2.96. The Hall–Kier alpha value is -1.36. The van der Waals surface area contributed by atoms with E-state index >= 15 is 0 Å². The molecule has 0 saturated carbocycles. The van der Waals surface area contributed by atoms with Crippen LogP contribution in [0.1, 0.15) is 45.5 Å². The van der Waals surface area contributed by atoms with Crippen LogP contribution in [-0.4, -0.2) is 36.3 Å². The number of hydrogen-bond acceptors (Lipinski definition) is 5. The van der Waals surface area contributed by atoms with E-state index in [-0.39, 0.29) is 5.41 Å². The maximum absolute atomic E-state index is 5.43. The van der Waals surface area contributed by atoms with Crippen LogP contribution in [0.2, 0.25) is 0 Å². The largest absolute Gasteiger partial charge is 0.381 e. The van der Waals surface area contributed by atoms with E-state index in [2.05, 4.69) is 50.2 Å². The van der Waals surface area contributed by atoms with Gasteiger partial charge in [0.15, 0.2) is 0 Å². The molecule has 5 nitrogen and oxygen atoms in total. The van der Waals surface area contributed by atoms with Crippen LogP contribution in [0.3, 0.4) is 0 Å². The molecule has 2 N–H and O–H groups in total. The summed E-state index contributed by atoms with van der Waals surface area (Å²) < 4.78 is 5.43. The Bertz CT molecular complexity index is 476. The summed E-state index contributed by atoms with van der Waals surface area (Å²) in [6.45, 7) is 14.1. The average molecular weight is 292 g/mol. The highest BCUT2D eigenvalue weighted by Gasteiger charge is 2.22. The first-order chi connectivity index (χ1) is 9.91. The van der Waals surface area contributed by atoms with Crippen molar-refractivity contribution in [1.82, 2.24) is 9.97 Å². The zero-order valence-corrected chi connectivity index (χ0v) is 13.9. The normalized spacial score (nSPS) is 18.8. The van der Waals surface area contributed by atoms with Crippen LogP contribution in [0.4, 0.5) is 11.6 Å². The molecular formula is C16H28N4O. The molecule has 1 aliphatic heterocycles. The third-order valence-corrected chi connectivity index (χ3v) is 3.74. The average Bonchev–Trinajstić information content (AvgIpc) is 2.91. The lowest BCUT2D eigenvalue weighted by molar-refractivity contribution is 0.187. The van der Waals surface area contributed by atoms with Crippen molar-refractivity contribution in [2.24, 2.45) is 5.92 Å². The molecule has 2 rings (SSSR count). The van der Waals surface area contributed by atoms with Crippen LogP contribution in [0.25, 0.3) is 0 Å². The van der Waals surface area contributed by atoms with Crippen LogP contribution in [0.5, 0.6) is 0 Å². The summed E-state index contributed by atoms with van der Waals surface area (Å²) in [5.74, 6) is 3.33. The summed E-state index contributed by atoms with van der Waals surface area (Å²) >= 11 is 0. The topological polar surface area (TPSA) is 59.1 Å². The van der Waals surface area contributed by atoms with Crippen molar-refractivity contribution in [3.63, 3.8) is 0 Å². The molecule has 1 aromatic heterocycles. The van der Waals surface area contributed by atoms with Crippen LogP contribution in [0, 0.1) is 12.8 Å². The van der Waals surface area contributed by atoms with Crippen molar-refractivity contribution < 1.29 is 4.74 Å². The number of nitrogens with one attached hydrogen (secondary N) is 2. The first kappa shape index (κ1) is 16.0. The van der Waals surface area contributed by atoms with Gasteiger partial charge in [0.1, 0.15) is 17.5 Å². The monoisotopic (exact) mass is 292 g/mol. The predicted molar refractivity (Wildman–Crippen MR) is 87.0 cm³/mol. The standard InChI is InChI=1S/C16H28N4O/c1-6-17-13-11(2)14(18-9-12-7-8-21-10-12)20-15(19-13)16(3,4)5/h12H,6-10H2,1-5H3,(H2,17,18,19,20). The number of rotatable bonds is 5. The minimum atomic E-state index is -0.0647. The van der Waals surface area contributed by atoms with Gasteiger partial charge >= 0.3 is 0 Å². The van der Waals surface area contributed by atoms with Crippen LogP contribution in [0.15, 0.2) is 0 Å². The third kappa shape index (κ3) is 4.06. The van der Waals surface area contributed by atoms with Crippen molar-refractivity contribution >= 4 is 11.6 Å². The van der Waals surface area contributed by atoms with E-state index in [9.17, 15) is 0 Å². The van der Waals surface area contributed by atoms with E-state index in [1.165, 1.54) is 0 Å². The molecule has 21 heavy (non-hydrogen) atoms. The summed E-state index contributed by atoms with van der Waals surface area (Å²) in [5, 5.41) is 6.84. The lowest BCUT2D eigenvalue weighted by atomic mass is 9.95. The van der Waals surface area contributed by atoms with E-state index in [0.717, 1.165) is 55.7 Å². The summed E-state index contributed by atoms with van der Waals surface area (Å²) in [7, 11) is 0. The van der Waals surface area contributed by atoms with Gasteiger partial charge in [-0.15, -0.1) is 0 Å². The zero-order valence-electron chi connectivity index (χ0n) is 13.9. The fourth-order valence-corrected chi connectivity index (χ4v) is 2.35. The van der Waals surface area contributed by atoms with Gasteiger partial charge in [0, 0.05) is 36.6 Å². The van der Waals surface area contributed by atoms with Gasteiger partial charge in [-0.1, -0.05) is 20.8 Å². The van der Waals surface area contributed by atoms with E-state index in [1.54, 1.807) is 0 Å². The molecule has 0 bridgehead atoms. The SMILES string of the molecule is CCNc1nc(C(C)(C)C)nc(NCC2CCOC2)c1C. The number of nitrogens with zero attached hydrogens (tertiary/aromatic N) is 2. The number of hydrogen-bond donors (Lipinski definition) is 2. The molecule has 1 saturated heterocycles. The molecule has 0 amide bonds. The van der Waals surface area contributed by atoms with Gasteiger partial charge in [-0.2, -0.15) is 0 Å². The summed E-state index contributed by atoms with van der Waals surface area (Å²) in [4.78, 5) is 9.43. The Balaban J connectivity index is 2.22. The third-order valence-electron chi connectivity index (χ3n) is 3.74. The minimum absolute atomic E-state index is 0.0647. The maximum Gasteiger partial charge on any atom is 0.138 e. The zero-order chi connectivity index (χ0) is 15.5. The first-order valence-electron chi connectivity index (χ1n) is 7.86. The van der Waals surface area contributed by atoms with Crippen LogP contribution < -0.4 is 10.6 Å².